The van der Waals surface area contributed by atoms with E-state index in [2.05, 4.69) is 10.4 Å². The van der Waals surface area contributed by atoms with Crippen molar-refractivity contribution in [3.8, 4) is 5.75 Å². The van der Waals surface area contributed by atoms with Crippen molar-refractivity contribution in [2.24, 2.45) is 7.05 Å². The minimum atomic E-state index is -0.148. The molecule has 5 heteroatoms. The largest absolute Gasteiger partial charge is 0.491 e. The molecule has 0 spiro atoms. The lowest BCUT2D eigenvalue weighted by atomic mass is 10.2. The molecule has 1 aromatic heterocycles. The first-order valence-electron chi connectivity index (χ1n) is 6.96. The average molecular weight is 287 g/mol. The van der Waals surface area contributed by atoms with Crippen LogP contribution in [0.1, 0.15) is 35.6 Å². The monoisotopic (exact) mass is 287 g/mol. The van der Waals surface area contributed by atoms with E-state index in [1.165, 1.54) is 0 Å². The summed E-state index contributed by atoms with van der Waals surface area (Å²) < 4.78 is 7.32. The Morgan fingerprint density at radius 1 is 1.24 bits per heavy atom. The summed E-state index contributed by atoms with van der Waals surface area (Å²) in [6, 6.07) is 7.12. The third kappa shape index (κ3) is 3.42. The molecule has 1 N–H and O–H groups in total. The van der Waals surface area contributed by atoms with Crippen molar-refractivity contribution in [3.05, 3.63) is 41.2 Å². The van der Waals surface area contributed by atoms with Crippen LogP contribution < -0.4 is 10.1 Å². The molecule has 1 heterocycles. The van der Waals surface area contributed by atoms with Crippen molar-refractivity contribution in [2.75, 3.05) is 5.32 Å². The van der Waals surface area contributed by atoms with Gasteiger partial charge in [0.15, 0.2) is 0 Å². The summed E-state index contributed by atoms with van der Waals surface area (Å²) >= 11 is 0. The molecule has 0 bridgehead atoms. The number of aromatic nitrogens is 2. The van der Waals surface area contributed by atoms with Crippen molar-refractivity contribution in [1.82, 2.24) is 9.78 Å². The fraction of sp³-hybridized carbons (Fsp3) is 0.375. The second kappa shape index (κ2) is 5.99. The molecule has 1 amide bonds. The number of carbonyl (C=O) groups excluding carboxylic acids is 1. The molecule has 5 nitrogen and oxygen atoms in total. The van der Waals surface area contributed by atoms with E-state index in [9.17, 15) is 4.79 Å². The van der Waals surface area contributed by atoms with Crippen molar-refractivity contribution >= 4 is 11.6 Å². The topological polar surface area (TPSA) is 56.2 Å². The quantitative estimate of drug-likeness (QED) is 0.940. The van der Waals surface area contributed by atoms with E-state index in [1.807, 2.05) is 34.7 Å². The van der Waals surface area contributed by atoms with Crippen molar-refractivity contribution in [1.29, 1.82) is 0 Å². The first-order chi connectivity index (χ1) is 9.88. The van der Waals surface area contributed by atoms with Gasteiger partial charge in [0.2, 0.25) is 0 Å². The SMILES string of the molecule is Cc1nn(C)c(C)c1NC(=O)c1ccc(OC(C)C)cc1. The Labute approximate surface area is 124 Å². The molecule has 0 aliphatic heterocycles. The number of amides is 1. The number of nitrogens with zero attached hydrogens (tertiary/aromatic N) is 2. The molecular formula is C16H21N3O2. The van der Waals surface area contributed by atoms with Gasteiger partial charge in [0.1, 0.15) is 5.75 Å². The molecule has 2 aromatic rings. The zero-order valence-corrected chi connectivity index (χ0v) is 13.1. The van der Waals surface area contributed by atoms with E-state index in [1.54, 1.807) is 28.9 Å². The molecule has 21 heavy (non-hydrogen) atoms. The number of benzene rings is 1. The Morgan fingerprint density at radius 3 is 2.33 bits per heavy atom. The molecule has 0 atom stereocenters. The molecule has 0 radical (unpaired) electrons. The Bertz CT molecular complexity index is 642. The zero-order chi connectivity index (χ0) is 15.6. The van der Waals surface area contributed by atoms with E-state index in [0.717, 1.165) is 22.8 Å². The first-order valence-corrected chi connectivity index (χ1v) is 6.96. The molecule has 0 fully saturated rings. The van der Waals surface area contributed by atoms with Gasteiger partial charge in [-0.05, 0) is 52.0 Å². The van der Waals surface area contributed by atoms with Crippen molar-refractivity contribution < 1.29 is 9.53 Å². The lowest BCUT2D eigenvalue weighted by Crippen LogP contribution is -2.13. The van der Waals surface area contributed by atoms with Crippen LogP contribution in [0.3, 0.4) is 0 Å². The molecule has 0 aliphatic carbocycles. The maximum atomic E-state index is 12.3. The number of hydrogen-bond donors (Lipinski definition) is 1. The number of ether oxygens (including phenoxy) is 1. The first kappa shape index (κ1) is 15.1. The van der Waals surface area contributed by atoms with Gasteiger partial charge in [-0.15, -0.1) is 0 Å². The molecule has 0 saturated carbocycles. The summed E-state index contributed by atoms with van der Waals surface area (Å²) in [7, 11) is 1.86. The highest BCUT2D eigenvalue weighted by atomic mass is 16.5. The number of anilines is 1. The maximum absolute atomic E-state index is 12.3. The van der Waals surface area contributed by atoms with Crippen LogP contribution in [0, 0.1) is 13.8 Å². The predicted octanol–water partition coefficient (Wildman–Crippen LogP) is 3.08. The van der Waals surface area contributed by atoms with Crippen LogP contribution in [0.25, 0.3) is 0 Å². The highest BCUT2D eigenvalue weighted by molar-refractivity contribution is 6.04. The Hall–Kier alpha value is -2.30. The van der Waals surface area contributed by atoms with Gasteiger partial charge in [0, 0.05) is 12.6 Å². The van der Waals surface area contributed by atoms with E-state index < -0.39 is 0 Å². The molecule has 2 rings (SSSR count). The highest BCUT2D eigenvalue weighted by Gasteiger charge is 2.13. The van der Waals surface area contributed by atoms with E-state index in [4.69, 9.17) is 4.74 Å². The lowest BCUT2D eigenvalue weighted by molar-refractivity contribution is 0.102. The Kier molecular flexibility index (Phi) is 4.31. The summed E-state index contributed by atoms with van der Waals surface area (Å²) in [5, 5.41) is 7.20. The van der Waals surface area contributed by atoms with Gasteiger partial charge in [-0.2, -0.15) is 5.10 Å². The second-order valence-corrected chi connectivity index (χ2v) is 5.31. The van der Waals surface area contributed by atoms with Crippen LogP contribution in [0.15, 0.2) is 24.3 Å². The minimum Gasteiger partial charge on any atom is -0.491 e. The van der Waals surface area contributed by atoms with Gasteiger partial charge in [-0.1, -0.05) is 0 Å². The highest BCUT2D eigenvalue weighted by Crippen LogP contribution is 2.20. The molecule has 0 unspecified atom stereocenters. The lowest BCUT2D eigenvalue weighted by Gasteiger charge is -2.10. The van der Waals surface area contributed by atoms with Gasteiger partial charge in [0.25, 0.3) is 5.91 Å². The minimum absolute atomic E-state index is 0.116. The Morgan fingerprint density at radius 2 is 1.86 bits per heavy atom. The fourth-order valence-electron chi connectivity index (χ4n) is 2.10. The molecule has 0 saturated heterocycles. The van der Waals surface area contributed by atoms with Gasteiger partial charge >= 0.3 is 0 Å². The normalized spacial score (nSPS) is 10.8. The van der Waals surface area contributed by atoms with Gasteiger partial charge in [-0.3, -0.25) is 9.48 Å². The van der Waals surface area contributed by atoms with Crippen LogP contribution in [0.2, 0.25) is 0 Å². The fourth-order valence-corrected chi connectivity index (χ4v) is 2.10. The van der Waals surface area contributed by atoms with Crippen molar-refractivity contribution in [3.63, 3.8) is 0 Å². The second-order valence-electron chi connectivity index (χ2n) is 5.31. The molecule has 0 aliphatic rings. The predicted molar refractivity (Wildman–Crippen MR) is 82.8 cm³/mol. The van der Waals surface area contributed by atoms with E-state index in [0.29, 0.717) is 5.56 Å². The molecule has 112 valence electrons. The van der Waals surface area contributed by atoms with Gasteiger partial charge < -0.3 is 10.1 Å². The Balaban J connectivity index is 2.13. The maximum Gasteiger partial charge on any atom is 0.255 e. The van der Waals surface area contributed by atoms with Gasteiger partial charge in [-0.25, -0.2) is 0 Å². The number of aryl methyl sites for hydroxylation is 2. The summed E-state index contributed by atoms with van der Waals surface area (Å²) in [4.78, 5) is 12.3. The summed E-state index contributed by atoms with van der Waals surface area (Å²) in [6.07, 6.45) is 0.116. The summed E-state index contributed by atoms with van der Waals surface area (Å²) in [5.74, 6) is 0.612. The van der Waals surface area contributed by atoms with Crippen LogP contribution in [-0.4, -0.2) is 21.8 Å². The molecular weight excluding hydrogens is 266 g/mol. The third-order valence-electron chi connectivity index (χ3n) is 3.24. The van der Waals surface area contributed by atoms with Crippen molar-refractivity contribution in [2.45, 2.75) is 33.8 Å². The summed E-state index contributed by atoms with van der Waals surface area (Å²) in [5.41, 5.74) is 3.10. The number of rotatable bonds is 4. The number of carbonyl (C=O) groups is 1. The summed E-state index contributed by atoms with van der Waals surface area (Å²) in [6.45, 7) is 7.74. The zero-order valence-electron chi connectivity index (χ0n) is 13.1. The van der Waals surface area contributed by atoms with Crippen LogP contribution >= 0.6 is 0 Å². The van der Waals surface area contributed by atoms with Gasteiger partial charge in [0.05, 0.1) is 23.2 Å². The van der Waals surface area contributed by atoms with E-state index in [-0.39, 0.29) is 12.0 Å². The van der Waals surface area contributed by atoms with Crippen LogP contribution in [0.4, 0.5) is 5.69 Å². The van der Waals surface area contributed by atoms with E-state index >= 15 is 0 Å². The third-order valence-corrected chi connectivity index (χ3v) is 3.24. The molecule has 1 aromatic carbocycles. The number of hydrogen-bond acceptors (Lipinski definition) is 3. The van der Waals surface area contributed by atoms with Crippen LogP contribution in [-0.2, 0) is 7.05 Å². The van der Waals surface area contributed by atoms with Crippen LogP contribution in [0.5, 0.6) is 5.75 Å². The smallest absolute Gasteiger partial charge is 0.255 e. The average Bonchev–Trinajstić information content (AvgIpc) is 2.65. The number of nitrogens with one attached hydrogen (secondary N) is 1. The standard InChI is InChI=1S/C16H21N3O2/c1-10(2)21-14-8-6-13(7-9-14)16(20)17-15-11(3)18-19(5)12(15)4/h6-10H,1-5H3,(H,17,20).